The van der Waals surface area contributed by atoms with Gasteiger partial charge < -0.3 is 5.32 Å². The first-order valence-electron chi connectivity index (χ1n) is 5.50. The van der Waals surface area contributed by atoms with Gasteiger partial charge in [-0.1, -0.05) is 37.3 Å². The van der Waals surface area contributed by atoms with Gasteiger partial charge in [0.05, 0.1) is 5.57 Å². The second-order valence-corrected chi connectivity index (χ2v) is 3.43. The van der Waals surface area contributed by atoms with Crippen molar-refractivity contribution in [3.8, 4) is 0 Å². The molecule has 0 aliphatic rings. The molecule has 0 bridgehead atoms. The summed E-state index contributed by atoms with van der Waals surface area (Å²) in [5, 5.41) is 2.88. The number of amides is 1. The number of benzene rings is 1. The Morgan fingerprint density at radius 3 is 2.62 bits per heavy atom. The smallest absolute Gasteiger partial charge is 0.255 e. The molecule has 0 aromatic heterocycles. The number of hydrogen-bond acceptors (Lipinski definition) is 1. The maximum atomic E-state index is 11.7. The lowest BCUT2D eigenvalue weighted by Gasteiger charge is -2.05. The molecule has 16 heavy (non-hydrogen) atoms. The van der Waals surface area contributed by atoms with Crippen LogP contribution in [-0.4, -0.2) is 5.91 Å². The van der Waals surface area contributed by atoms with Crippen LogP contribution in [0.4, 0.5) is 0 Å². The van der Waals surface area contributed by atoms with Crippen LogP contribution in [-0.2, 0) is 11.3 Å². The van der Waals surface area contributed by atoms with Crippen LogP contribution in [0.1, 0.15) is 25.8 Å². The molecule has 0 aliphatic carbocycles. The monoisotopic (exact) mass is 215 g/mol. The number of nitrogens with one attached hydrogen (secondary N) is 1. The summed E-state index contributed by atoms with van der Waals surface area (Å²) in [7, 11) is 0. The SMILES string of the molecule is CC=C=C(CC)C(=O)NCc1ccccc1. The molecule has 0 spiro atoms. The summed E-state index contributed by atoms with van der Waals surface area (Å²) in [5.74, 6) is -0.0375. The van der Waals surface area contributed by atoms with Crippen LogP contribution < -0.4 is 5.32 Å². The van der Waals surface area contributed by atoms with Crippen LogP contribution in [0, 0.1) is 0 Å². The van der Waals surface area contributed by atoms with Gasteiger partial charge >= 0.3 is 0 Å². The number of rotatable bonds is 4. The maximum Gasteiger partial charge on any atom is 0.255 e. The fraction of sp³-hybridized carbons (Fsp3) is 0.286. The second-order valence-electron chi connectivity index (χ2n) is 3.43. The molecular weight excluding hydrogens is 198 g/mol. The van der Waals surface area contributed by atoms with Crippen molar-refractivity contribution in [1.82, 2.24) is 5.32 Å². The maximum absolute atomic E-state index is 11.7. The summed E-state index contributed by atoms with van der Waals surface area (Å²) in [4.78, 5) is 11.7. The second kappa shape index (κ2) is 6.65. The van der Waals surface area contributed by atoms with Crippen molar-refractivity contribution in [2.45, 2.75) is 26.8 Å². The van der Waals surface area contributed by atoms with Crippen LogP contribution in [0.25, 0.3) is 0 Å². The van der Waals surface area contributed by atoms with Gasteiger partial charge in [0.2, 0.25) is 0 Å². The van der Waals surface area contributed by atoms with Crippen molar-refractivity contribution in [2.75, 3.05) is 0 Å². The van der Waals surface area contributed by atoms with Crippen LogP contribution in [0.3, 0.4) is 0 Å². The van der Waals surface area contributed by atoms with Crippen molar-refractivity contribution in [3.63, 3.8) is 0 Å². The Morgan fingerprint density at radius 2 is 2.06 bits per heavy atom. The van der Waals surface area contributed by atoms with Gasteiger partial charge in [-0.05, 0) is 25.0 Å². The molecular formula is C14H17NO. The molecule has 1 N–H and O–H groups in total. The minimum Gasteiger partial charge on any atom is -0.348 e. The molecule has 1 amide bonds. The van der Waals surface area contributed by atoms with Gasteiger partial charge in [0.1, 0.15) is 0 Å². The molecule has 0 radical (unpaired) electrons. The van der Waals surface area contributed by atoms with Gasteiger partial charge in [0, 0.05) is 6.54 Å². The predicted molar refractivity (Wildman–Crippen MR) is 65.8 cm³/mol. The lowest BCUT2D eigenvalue weighted by Crippen LogP contribution is -2.23. The Balaban J connectivity index is 2.56. The Kier molecular flexibility index (Phi) is 5.10. The molecule has 2 nitrogen and oxygen atoms in total. The third kappa shape index (κ3) is 3.76. The topological polar surface area (TPSA) is 29.1 Å². The van der Waals surface area contributed by atoms with Gasteiger partial charge in [-0.15, -0.1) is 5.73 Å². The summed E-state index contributed by atoms with van der Waals surface area (Å²) in [5.41, 5.74) is 4.74. The fourth-order valence-corrected chi connectivity index (χ4v) is 1.39. The average Bonchev–Trinajstić information content (AvgIpc) is 2.34. The van der Waals surface area contributed by atoms with Crippen molar-refractivity contribution < 1.29 is 4.79 Å². The molecule has 0 heterocycles. The van der Waals surface area contributed by atoms with E-state index < -0.39 is 0 Å². The van der Waals surface area contributed by atoms with E-state index >= 15 is 0 Å². The quantitative estimate of drug-likeness (QED) is 0.607. The van der Waals surface area contributed by atoms with Gasteiger partial charge in [-0.25, -0.2) is 0 Å². The van der Waals surface area contributed by atoms with Gasteiger partial charge in [-0.3, -0.25) is 4.79 Å². The average molecular weight is 215 g/mol. The summed E-state index contributed by atoms with van der Waals surface area (Å²) >= 11 is 0. The van der Waals surface area contributed by atoms with Crippen LogP contribution in [0.15, 0.2) is 47.7 Å². The van der Waals surface area contributed by atoms with E-state index in [2.05, 4.69) is 11.0 Å². The van der Waals surface area contributed by atoms with Crippen LogP contribution in [0.2, 0.25) is 0 Å². The molecule has 0 aliphatic heterocycles. The molecule has 0 saturated heterocycles. The summed E-state index contributed by atoms with van der Waals surface area (Å²) < 4.78 is 0. The Bertz CT molecular complexity index is 400. The van der Waals surface area contributed by atoms with Gasteiger partial charge in [-0.2, -0.15) is 0 Å². The molecule has 2 heteroatoms. The number of hydrogen-bond donors (Lipinski definition) is 1. The molecule has 1 aromatic rings. The van der Waals surface area contributed by atoms with E-state index in [1.165, 1.54) is 0 Å². The highest BCUT2D eigenvalue weighted by atomic mass is 16.1. The summed E-state index contributed by atoms with van der Waals surface area (Å²) in [6, 6.07) is 9.87. The van der Waals surface area contributed by atoms with Crippen molar-refractivity contribution in [1.29, 1.82) is 0 Å². The fourth-order valence-electron chi connectivity index (χ4n) is 1.39. The van der Waals surface area contributed by atoms with Crippen LogP contribution >= 0.6 is 0 Å². The number of carbonyl (C=O) groups excluding carboxylic acids is 1. The molecule has 1 rings (SSSR count). The Hall–Kier alpha value is -1.79. The zero-order valence-corrected chi connectivity index (χ0v) is 9.79. The van der Waals surface area contributed by atoms with E-state index in [0.29, 0.717) is 18.5 Å². The standard InChI is InChI=1S/C14H17NO/c1-3-8-13(4-2)14(16)15-11-12-9-6-5-7-10-12/h3,5-7,9-10H,4,11H2,1-2H3,(H,15,16). The van der Waals surface area contributed by atoms with E-state index in [1.54, 1.807) is 6.08 Å². The van der Waals surface area contributed by atoms with E-state index in [4.69, 9.17) is 0 Å². The van der Waals surface area contributed by atoms with E-state index in [0.717, 1.165) is 5.56 Å². The van der Waals surface area contributed by atoms with Gasteiger partial charge in [0.25, 0.3) is 5.91 Å². The van der Waals surface area contributed by atoms with Gasteiger partial charge in [0.15, 0.2) is 0 Å². The Morgan fingerprint density at radius 1 is 1.38 bits per heavy atom. The van der Waals surface area contributed by atoms with E-state index in [9.17, 15) is 4.79 Å². The first kappa shape index (κ1) is 12.3. The summed E-state index contributed by atoms with van der Waals surface area (Å²) in [6.07, 6.45) is 2.46. The largest absolute Gasteiger partial charge is 0.348 e. The molecule has 0 atom stereocenters. The Labute approximate surface area is 96.7 Å². The molecule has 1 aromatic carbocycles. The molecule has 0 unspecified atom stereocenters. The van der Waals surface area contributed by atoms with Crippen molar-refractivity contribution in [3.05, 3.63) is 53.3 Å². The minimum absolute atomic E-state index is 0.0375. The first-order valence-corrected chi connectivity index (χ1v) is 5.50. The summed E-state index contributed by atoms with van der Waals surface area (Å²) in [6.45, 7) is 4.38. The van der Waals surface area contributed by atoms with Crippen molar-refractivity contribution in [2.24, 2.45) is 0 Å². The normalized spacial score (nSPS) is 9.12. The van der Waals surface area contributed by atoms with E-state index in [1.807, 2.05) is 44.2 Å². The highest BCUT2D eigenvalue weighted by molar-refractivity contribution is 5.93. The predicted octanol–water partition coefficient (Wildman–Crippen LogP) is 2.81. The minimum atomic E-state index is -0.0375. The lowest BCUT2D eigenvalue weighted by atomic mass is 10.2. The highest BCUT2D eigenvalue weighted by Crippen LogP contribution is 2.01. The van der Waals surface area contributed by atoms with E-state index in [-0.39, 0.29) is 5.91 Å². The molecule has 0 saturated carbocycles. The van der Waals surface area contributed by atoms with Crippen molar-refractivity contribution >= 4 is 5.91 Å². The first-order chi connectivity index (χ1) is 7.77. The molecule has 0 fully saturated rings. The zero-order chi connectivity index (χ0) is 11.8. The third-order valence-electron chi connectivity index (χ3n) is 2.24. The van der Waals surface area contributed by atoms with Crippen LogP contribution in [0.5, 0.6) is 0 Å². The lowest BCUT2D eigenvalue weighted by molar-refractivity contribution is -0.117. The highest BCUT2D eigenvalue weighted by Gasteiger charge is 2.05. The molecule has 84 valence electrons. The third-order valence-corrected chi connectivity index (χ3v) is 2.24. The zero-order valence-electron chi connectivity index (χ0n) is 9.79. The number of carbonyl (C=O) groups is 1.